The lowest BCUT2D eigenvalue weighted by atomic mass is 9.82. The summed E-state index contributed by atoms with van der Waals surface area (Å²) >= 11 is 5.95. The Morgan fingerprint density at radius 3 is 2.39 bits per heavy atom. The number of piperidine rings is 1. The maximum Gasteiger partial charge on any atom is 0.337 e. The highest BCUT2D eigenvalue weighted by Gasteiger charge is 2.36. The number of rotatable bonds is 9. The molecule has 1 atom stereocenters. The summed E-state index contributed by atoms with van der Waals surface area (Å²) in [5.74, 6) is -1.80. The van der Waals surface area contributed by atoms with Gasteiger partial charge in [-0.1, -0.05) is 37.6 Å². The Kier molecular flexibility index (Phi) is 9.24. The maximum absolute atomic E-state index is 15.3. The van der Waals surface area contributed by atoms with Crippen LogP contribution in [0, 0.1) is 18.2 Å². The molecule has 0 aliphatic carbocycles. The Balaban J connectivity index is 1.71. The highest BCUT2D eigenvalue weighted by molar-refractivity contribution is 6.30. The van der Waals surface area contributed by atoms with Crippen LogP contribution >= 0.6 is 11.6 Å². The average Bonchev–Trinajstić information content (AvgIpc) is 2.89. The summed E-state index contributed by atoms with van der Waals surface area (Å²) in [6.45, 7) is 13.4. The van der Waals surface area contributed by atoms with Gasteiger partial charge in [-0.05, 0) is 69.7 Å². The van der Waals surface area contributed by atoms with E-state index in [-0.39, 0.29) is 17.9 Å². The van der Waals surface area contributed by atoms with E-state index in [4.69, 9.17) is 21.1 Å². The third kappa shape index (κ3) is 7.74. The SMILES string of the molecule is Cc1ncc(-c2cnc(OCCc3ccc(Cl)cc3)c(F)c2)c(N2CCC(C)(C)CC2)c1C(OC(C)(C)C)C(=O)O. The van der Waals surface area contributed by atoms with Crippen molar-refractivity contribution in [3.05, 3.63) is 70.4 Å². The molecule has 2 aromatic heterocycles. The normalized spacial score (nSPS) is 16.0. The molecule has 3 aromatic rings. The molecular weight excluding hydrogens is 545 g/mol. The van der Waals surface area contributed by atoms with Gasteiger partial charge >= 0.3 is 5.97 Å². The number of anilines is 1. The zero-order valence-electron chi connectivity index (χ0n) is 24.6. The van der Waals surface area contributed by atoms with Crippen molar-refractivity contribution in [2.45, 2.75) is 72.5 Å². The Hall–Kier alpha value is -3.23. The summed E-state index contributed by atoms with van der Waals surface area (Å²) in [7, 11) is 0. The average molecular weight is 584 g/mol. The molecule has 1 saturated heterocycles. The van der Waals surface area contributed by atoms with Gasteiger partial charge in [-0.15, -0.1) is 0 Å². The van der Waals surface area contributed by atoms with Gasteiger partial charge in [0.05, 0.1) is 17.9 Å². The first-order chi connectivity index (χ1) is 19.2. The van der Waals surface area contributed by atoms with Crippen molar-refractivity contribution in [2.75, 3.05) is 24.6 Å². The lowest BCUT2D eigenvalue weighted by Gasteiger charge is -2.40. The largest absolute Gasteiger partial charge is 0.479 e. The van der Waals surface area contributed by atoms with Crippen molar-refractivity contribution in [2.24, 2.45) is 5.41 Å². The molecule has 1 fully saturated rings. The molecule has 0 radical (unpaired) electrons. The van der Waals surface area contributed by atoms with Crippen LogP contribution in [0.25, 0.3) is 11.1 Å². The summed E-state index contributed by atoms with van der Waals surface area (Å²) in [5, 5.41) is 10.9. The second kappa shape index (κ2) is 12.3. The summed E-state index contributed by atoms with van der Waals surface area (Å²) in [6, 6.07) is 8.78. The van der Waals surface area contributed by atoms with E-state index < -0.39 is 23.5 Å². The van der Waals surface area contributed by atoms with Crippen LogP contribution in [0.4, 0.5) is 10.1 Å². The monoisotopic (exact) mass is 583 g/mol. The Labute approximate surface area is 246 Å². The van der Waals surface area contributed by atoms with E-state index in [0.717, 1.165) is 31.5 Å². The van der Waals surface area contributed by atoms with Crippen LogP contribution in [0.1, 0.15) is 70.4 Å². The van der Waals surface area contributed by atoms with Gasteiger partial charge < -0.3 is 19.5 Å². The van der Waals surface area contributed by atoms with Crippen LogP contribution in [0.5, 0.6) is 5.88 Å². The van der Waals surface area contributed by atoms with Crippen LogP contribution in [-0.2, 0) is 16.0 Å². The highest BCUT2D eigenvalue weighted by atomic mass is 35.5. The summed E-state index contributed by atoms with van der Waals surface area (Å²) in [5.41, 5.74) is 3.30. The zero-order chi connectivity index (χ0) is 29.9. The lowest BCUT2D eigenvalue weighted by Crippen LogP contribution is -2.39. The minimum Gasteiger partial charge on any atom is -0.479 e. The molecule has 1 aliphatic heterocycles. The summed E-state index contributed by atoms with van der Waals surface area (Å²) in [4.78, 5) is 23.6. The molecule has 7 nitrogen and oxygen atoms in total. The molecule has 0 spiro atoms. The molecule has 1 unspecified atom stereocenters. The van der Waals surface area contributed by atoms with Gasteiger partial charge in [0, 0.05) is 59.3 Å². The van der Waals surface area contributed by atoms with Crippen LogP contribution in [0.15, 0.2) is 42.7 Å². The number of aryl methyl sites for hydroxylation is 1. The van der Waals surface area contributed by atoms with Crippen LogP contribution in [0.2, 0.25) is 5.02 Å². The van der Waals surface area contributed by atoms with E-state index in [1.165, 1.54) is 6.07 Å². The second-order valence-electron chi connectivity index (χ2n) is 12.4. The van der Waals surface area contributed by atoms with E-state index in [1.807, 2.05) is 32.9 Å². The number of halogens is 2. The van der Waals surface area contributed by atoms with Gasteiger partial charge in [0.1, 0.15) is 0 Å². The fourth-order valence-corrected chi connectivity index (χ4v) is 5.12. The summed E-state index contributed by atoms with van der Waals surface area (Å²) < 4.78 is 27.1. The van der Waals surface area contributed by atoms with E-state index in [1.54, 1.807) is 31.5 Å². The number of hydrogen-bond acceptors (Lipinski definition) is 6. The van der Waals surface area contributed by atoms with E-state index in [9.17, 15) is 9.90 Å². The highest BCUT2D eigenvalue weighted by Crippen LogP contribution is 2.43. The molecule has 1 aliphatic rings. The fourth-order valence-electron chi connectivity index (χ4n) is 4.99. The molecule has 41 heavy (non-hydrogen) atoms. The predicted molar refractivity (Wildman–Crippen MR) is 159 cm³/mol. The number of hydrogen-bond donors (Lipinski definition) is 1. The second-order valence-corrected chi connectivity index (χ2v) is 12.8. The Bertz CT molecular complexity index is 1380. The molecule has 3 heterocycles. The van der Waals surface area contributed by atoms with E-state index >= 15 is 4.39 Å². The molecule has 0 saturated carbocycles. The van der Waals surface area contributed by atoms with Gasteiger partial charge in [-0.2, -0.15) is 0 Å². The number of carboxylic acids is 1. The van der Waals surface area contributed by atoms with Gasteiger partial charge in [-0.3, -0.25) is 4.98 Å². The first-order valence-electron chi connectivity index (χ1n) is 13.9. The third-order valence-corrected chi connectivity index (χ3v) is 7.59. The van der Waals surface area contributed by atoms with Crippen LogP contribution in [-0.4, -0.2) is 46.3 Å². The Morgan fingerprint density at radius 1 is 1.15 bits per heavy atom. The number of aliphatic carboxylic acids is 1. The zero-order valence-corrected chi connectivity index (χ0v) is 25.4. The molecule has 9 heteroatoms. The molecule has 4 rings (SSSR count). The number of ether oxygens (including phenoxy) is 2. The van der Waals surface area contributed by atoms with E-state index in [2.05, 4.69) is 28.7 Å². The van der Waals surface area contributed by atoms with Crippen molar-refractivity contribution in [3.63, 3.8) is 0 Å². The van der Waals surface area contributed by atoms with Gasteiger partial charge in [-0.25, -0.2) is 14.2 Å². The minimum absolute atomic E-state index is 0.0937. The summed E-state index contributed by atoms with van der Waals surface area (Å²) in [6.07, 6.45) is 4.40. The van der Waals surface area contributed by atoms with Gasteiger partial charge in [0.25, 0.3) is 0 Å². The molecule has 1 N–H and O–H groups in total. The molecule has 1 aromatic carbocycles. The molecule has 220 valence electrons. The van der Waals surface area contributed by atoms with Crippen molar-refractivity contribution in [3.8, 4) is 17.0 Å². The lowest BCUT2D eigenvalue weighted by molar-refractivity contribution is -0.160. The Morgan fingerprint density at radius 2 is 1.80 bits per heavy atom. The van der Waals surface area contributed by atoms with Crippen LogP contribution < -0.4 is 9.64 Å². The minimum atomic E-state index is -1.25. The number of carbonyl (C=O) groups is 1. The maximum atomic E-state index is 15.3. The number of aromatic nitrogens is 2. The van der Waals surface area contributed by atoms with E-state index in [0.29, 0.717) is 39.5 Å². The molecule has 0 bridgehead atoms. The van der Waals surface area contributed by atoms with Crippen molar-refractivity contribution in [1.29, 1.82) is 0 Å². The first-order valence-corrected chi connectivity index (χ1v) is 14.3. The number of carboxylic acid groups (broad SMARTS) is 1. The number of nitrogens with zero attached hydrogens (tertiary/aromatic N) is 3. The third-order valence-electron chi connectivity index (χ3n) is 7.34. The van der Waals surface area contributed by atoms with Crippen molar-refractivity contribution in [1.82, 2.24) is 9.97 Å². The topological polar surface area (TPSA) is 84.8 Å². The smallest absolute Gasteiger partial charge is 0.337 e. The predicted octanol–water partition coefficient (Wildman–Crippen LogP) is 7.43. The first kappa shape index (κ1) is 30.7. The molecule has 0 amide bonds. The van der Waals surface area contributed by atoms with Crippen molar-refractivity contribution >= 4 is 23.3 Å². The van der Waals surface area contributed by atoms with Crippen LogP contribution in [0.3, 0.4) is 0 Å². The number of benzene rings is 1. The number of pyridine rings is 2. The standard InChI is InChI=1S/C32H39ClFN3O4/c1-20-26(28(30(38)39)41-31(2,3)4)27(37-14-12-32(5,6)13-15-37)24(19-35-20)22-17-25(34)29(36-18-22)40-16-11-21-7-9-23(33)10-8-21/h7-10,17-19,28H,11-16H2,1-6H3,(H,38,39). The quantitative estimate of drug-likeness (QED) is 0.280. The van der Waals surface area contributed by atoms with Gasteiger partial charge in [0.15, 0.2) is 11.9 Å². The van der Waals surface area contributed by atoms with Crippen molar-refractivity contribution < 1.29 is 23.8 Å². The van der Waals surface area contributed by atoms with Gasteiger partial charge in [0.2, 0.25) is 5.88 Å². The molecular formula is C32H39ClFN3O4. The fraction of sp³-hybridized carbons (Fsp3) is 0.469.